The molecule has 0 aliphatic rings. The number of carbonyl (C=O) groups is 6. The molecule has 0 aliphatic carbocycles. The van der Waals surface area contributed by atoms with Crippen LogP contribution in [0.1, 0.15) is 25.7 Å². The van der Waals surface area contributed by atoms with Crippen molar-refractivity contribution < 1.29 is 44.1 Å². The lowest BCUT2D eigenvalue weighted by Crippen LogP contribution is -2.44. The SMILES string of the molecule is Nc1nc(N)c(NC(=O)Nc2ccc(N(C=O)[C@@H](CCC(=O)N[C@@H](CCC(=O)O)C(=O)O)C(=O)O)nc2)c(=O)[nH]1. The molecule has 0 saturated carbocycles. The highest BCUT2D eigenvalue weighted by atomic mass is 16.4. The molecule has 0 bridgehead atoms. The van der Waals surface area contributed by atoms with E-state index in [1.807, 2.05) is 0 Å². The Morgan fingerprint density at radius 3 is 2.25 bits per heavy atom. The number of carbonyl (C=O) groups excluding carboxylic acids is 3. The topological polar surface area (TPSA) is 313 Å². The van der Waals surface area contributed by atoms with Crippen molar-refractivity contribution in [3.05, 3.63) is 28.7 Å². The lowest BCUT2D eigenvalue weighted by atomic mass is 10.1. The number of nitrogens with zero attached hydrogens (tertiary/aromatic N) is 3. The van der Waals surface area contributed by atoms with E-state index in [9.17, 15) is 38.7 Å². The van der Waals surface area contributed by atoms with E-state index >= 15 is 0 Å². The molecule has 0 aliphatic heterocycles. The largest absolute Gasteiger partial charge is 0.481 e. The second kappa shape index (κ2) is 13.7. The van der Waals surface area contributed by atoms with E-state index in [0.717, 1.165) is 6.20 Å². The molecule has 2 aromatic rings. The second-order valence-electron chi connectivity index (χ2n) is 7.99. The summed E-state index contributed by atoms with van der Waals surface area (Å²) >= 11 is 0. The summed E-state index contributed by atoms with van der Waals surface area (Å²) in [6.45, 7) is 0. The zero-order valence-electron chi connectivity index (χ0n) is 20.5. The highest BCUT2D eigenvalue weighted by molar-refractivity contribution is 6.01. The van der Waals surface area contributed by atoms with Crippen molar-refractivity contribution in [2.24, 2.45) is 0 Å². The van der Waals surface area contributed by atoms with E-state index in [0.29, 0.717) is 4.90 Å². The molecular formula is C21H25N9O10. The number of nitrogens with two attached hydrogens (primary N) is 2. The highest BCUT2D eigenvalue weighted by Gasteiger charge is 2.28. The number of aliphatic carboxylic acids is 3. The van der Waals surface area contributed by atoms with Gasteiger partial charge in [-0.25, -0.2) is 19.4 Å². The maximum atomic E-state index is 12.2. The Bertz CT molecular complexity index is 1350. The van der Waals surface area contributed by atoms with E-state index in [1.165, 1.54) is 12.1 Å². The van der Waals surface area contributed by atoms with Gasteiger partial charge in [0, 0.05) is 12.8 Å². The summed E-state index contributed by atoms with van der Waals surface area (Å²) in [6.07, 6.45) is -0.624. The Hall–Kier alpha value is -5.75. The van der Waals surface area contributed by atoms with Crippen molar-refractivity contribution >= 4 is 65.2 Å². The van der Waals surface area contributed by atoms with Gasteiger partial charge in [-0.05, 0) is 25.0 Å². The lowest BCUT2D eigenvalue weighted by molar-refractivity contribution is -0.143. The van der Waals surface area contributed by atoms with E-state index in [2.05, 4.69) is 30.9 Å². The van der Waals surface area contributed by atoms with Crippen LogP contribution in [0.5, 0.6) is 0 Å². The number of hydrogen-bond donors (Lipinski definition) is 9. The summed E-state index contributed by atoms with van der Waals surface area (Å²) < 4.78 is 0. The van der Waals surface area contributed by atoms with Gasteiger partial charge in [-0.2, -0.15) is 4.98 Å². The molecule has 0 aromatic carbocycles. The zero-order valence-corrected chi connectivity index (χ0v) is 20.5. The van der Waals surface area contributed by atoms with Crippen molar-refractivity contribution in [1.82, 2.24) is 20.3 Å². The number of anilines is 5. The van der Waals surface area contributed by atoms with Crippen molar-refractivity contribution in [2.75, 3.05) is 27.0 Å². The Morgan fingerprint density at radius 2 is 1.73 bits per heavy atom. The molecule has 0 unspecified atom stereocenters. The zero-order chi connectivity index (χ0) is 30.0. The first kappa shape index (κ1) is 30.5. The first-order valence-electron chi connectivity index (χ1n) is 11.2. The van der Waals surface area contributed by atoms with Crippen LogP contribution in [0.25, 0.3) is 0 Å². The van der Waals surface area contributed by atoms with Crippen LogP contribution >= 0.6 is 0 Å². The summed E-state index contributed by atoms with van der Waals surface area (Å²) in [4.78, 5) is 92.1. The molecule has 0 fully saturated rings. The van der Waals surface area contributed by atoms with E-state index in [1.54, 1.807) is 0 Å². The number of aromatic amines is 1. The maximum absolute atomic E-state index is 12.2. The minimum atomic E-state index is -1.59. The molecule has 0 saturated heterocycles. The minimum absolute atomic E-state index is 0.0674. The standard InChI is InChI=1S/C21H25N9O10/c22-16-15(17(35)29-20(23)28-16)27-21(40)25-9-1-4-12(24-7-9)30(8-31)11(19(38)39)3-5-13(32)26-10(18(36)37)2-6-14(33)34/h1,4,7-8,10-11H,2-3,5-6H2,(H,26,32)(H,33,34)(H,36,37)(H,38,39)(H2,25,27,40)(H5,22,23,28,29,35)/t10-,11-/m0/s1. The number of nitrogen functional groups attached to an aromatic ring is 2. The molecule has 2 atom stereocenters. The number of hydrogen-bond acceptors (Lipinski definition) is 11. The van der Waals surface area contributed by atoms with Gasteiger partial charge >= 0.3 is 23.9 Å². The summed E-state index contributed by atoms with van der Waals surface area (Å²) in [5.41, 5.74) is 9.81. The van der Waals surface area contributed by atoms with Crippen molar-refractivity contribution in [3.8, 4) is 0 Å². The predicted octanol–water partition coefficient (Wildman–Crippen LogP) is -1.40. The normalized spacial score (nSPS) is 11.9. The van der Waals surface area contributed by atoms with E-state index < -0.39 is 66.8 Å². The molecule has 2 heterocycles. The van der Waals surface area contributed by atoms with E-state index in [-0.39, 0.29) is 41.8 Å². The molecule has 4 amide bonds. The van der Waals surface area contributed by atoms with Gasteiger partial charge in [0.2, 0.25) is 18.3 Å². The third-order valence-electron chi connectivity index (χ3n) is 5.13. The van der Waals surface area contributed by atoms with Crippen LogP contribution in [0.4, 0.5) is 33.8 Å². The van der Waals surface area contributed by atoms with Crippen LogP contribution < -0.4 is 37.9 Å². The number of rotatable bonds is 14. The minimum Gasteiger partial charge on any atom is -0.481 e. The number of aromatic nitrogens is 3. The molecular weight excluding hydrogens is 538 g/mol. The second-order valence-corrected chi connectivity index (χ2v) is 7.99. The monoisotopic (exact) mass is 563 g/mol. The molecule has 0 spiro atoms. The average Bonchev–Trinajstić information content (AvgIpc) is 2.86. The Balaban J connectivity index is 2.05. The van der Waals surface area contributed by atoms with Crippen LogP contribution in [-0.4, -0.2) is 78.6 Å². The quantitative estimate of drug-likeness (QED) is 0.119. The van der Waals surface area contributed by atoms with Crippen LogP contribution in [0.3, 0.4) is 0 Å². The third-order valence-corrected chi connectivity index (χ3v) is 5.13. The molecule has 19 heteroatoms. The fourth-order valence-electron chi connectivity index (χ4n) is 3.25. The average molecular weight is 563 g/mol. The predicted molar refractivity (Wildman–Crippen MR) is 136 cm³/mol. The third kappa shape index (κ3) is 8.68. The van der Waals surface area contributed by atoms with Gasteiger partial charge in [-0.1, -0.05) is 0 Å². The van der Waals surface area contributed by atoms with Gasteiger partial charge in [0.25, 0.3) is 5.56 Å². The molecule has 2 rings (SSSR count). The number of urea groups is 1. The maximum Gasteiger partial charge on any atom is 0.326 e. The highest BCUT2D eigenvalue weighted by Crippen LogP contribution is 2.19. The molecule has 40 heavy (non-hydrogen) atoms. The number of carboxylic acids is 3. The number of carboxylic acid groups (broad SMARTS) is 3. The van der Waals surface area contributed by atoms with E-state index in [4.69, 9.17) is 21.7 Å². The molecule has 214 valence electrons. The number of nitrogens with one attached hydrogen (secondary N) is 4. The van der Waals surface area contributed by atoms with Gasteiger partial charge in [-0.15, -0.1) is 0 Å². The van der Waals surface area contributed by atoms with Crippen molar-refractivity contribution in [2.45, 2.75) is 37.8 Å². The number of H-pyrrole nitrogens is 1. The van der Waals surface area contributed by atoms with Crippen LogP contribution in [-0.2, 0) is 24.0 Å². The van der Waals surface area contributed by atoms with Crippen molar-refractivity contribution in [1.29, 1.82) is 0 Å². The van der Waals surface area contributed by atoms with Crippen LogP contribution in [0, 0.1) is 0 Å². The molecule has 11 N–H and O–H groups in total. The van der Waals surface area contributed by atoms with Crippen molar-refractivity contribution in [3.63, 3.8) is 0 Å². The number of amides is 4. The van der Waals surface area contributed by atoms with Gasteiger partial charge < -0.3 is 37.4 Å². The fourth-order valence-corrected chi connectivity index (χ4v) is 3.25. The first-order valence-corrected chi connectivity index (χ1v) is 11.2. The lowest BCUT2D eigenvalue weighted by Gasteiger charge is -2.24. The Morgan fingerprint density at radius 1 is 1.02 bits per heavy atom. The Kier molecular flexibility index (Phi) is 10.4. The smallest absolute Gasteiger partial charge is 0.326 e. The van der Waals surface area contributed by atoms with Crippen LogP contribution in [0.15, 0.2) is 23.1 Å². The van der Waals surface area contributed by atoms with Gasteiger partial charge in [0.05, 0.1) is 11.9 Å². The summed E-state index contributed by atoms with van der Waals surface area (Å²) in [5, 5.41) is 34.1. The fraction of sp³-hybridized carbons (Fsp3) is 0.286. The summed E-state index contributed by atoms with van der Waals surface area (Å²) in [5.74, 6) is -5.85. The van der Waals surface area contributed by atoms with Crippen LogP contribution in [0.2, 0.25) is 0 Å². The first-order chi connectivity index (χ1) is 18.8. The summed E-state index contributed by atoms with van der Waals surface area (Å²) in [7, 11) is 0. The molecule has 19 nitrogen and oxygen atoms in total. The number of pyridine rings is 1. The van der Waals surface area contributed by atoms with Gasteiger partial charge in [0.1, 0.15) is 17.9 Å². The Labute approximate surface area is 223 Å². The molecule has 2 aromatic heterocycles. The van der Waals surface area contributed by atoms with Gasteiger partial charge in [-0.3, -0.25) is 34.4 Å². The molecule has 0 radical (unpaired) electrons. The van der Waals surface area contributed by atoms with Gasteiger partial charge in [0.15, 0.2) is 11.5 Å². The summed E-state index contributed by atoms with van der Waals surface area (Å²) in [6, 6.07) is -1.55.